The minimum atomic E-state index is -1.12. The molecule has 0 fully saturated rings. The van der Waals surface area contributed by atoms with Gasteiger partial charge in [0.15, 0.2) is 0 Å². The normalized spacial score (nSPS) is 10.6. The third-order valence-electron chi connectivity index (χ3n) is 3.96. The molecule has 2 amide bonds. The van der Waals surface area contributed by atoms with Crippen LogP contribution in [-0.4, -0.2) is 38.8 Å². The van der Waals surface area contributed by atoms with Crippen molar-refractivity contribution in [3.05, 3.63) is 65.6 Å². The van der Waals surface area contributed by atoms with Gasteiger partial charge in [0, 0.05) is 17.4 Å². The number of anilines is 1. The van der Waals surface area contributed by atoms with Gasteiger partial charge in [-0.05, 0) is 42.8 Å². The summed E-state index contributed by atoms with van der Waals surface area (Å²) in [6, 6.07) is 11.7. The Balaban J connectivity index is 1.77. The van der Waals surface area contributed by atoms with Gasteiger partial charge in [0.2, 0.25) is 0 Å². The summed E-state index contributed by atoms with van der Waals surface area (Å²) in [5.74, 6) is -1.91. The maximum absolute atomic E-state index is 12.7. The van der Waals surface area contributed by atoms with E-state index in [1.165, 1.54) is 12.1 Å². The van der Waals surface area contributed by atoms with Gasteiger partial charge in [0.1, 0.15) is 17.9 Å². The Bertz CT molecular complexity index is 1010. The lowest BCUT2D eigenvalue weighted by Gasteiger charge is -2.08. The number of benzene rings is 1. The van der Waals surface area contributed by atoms with Crippen molar-refractivity contribution in [2.45, 2.75) is 13.3 Å². The Morgan fingerprint density at radius 1 is 1.07 bits per heavy atom. The van der Waals surface area contributed by atoms with Crippen molar-refractivity contribution in [2.75, 3.05) is 11.9 Å². The molecule has 2 aromatic heterocycles. The quantitative estimate of drug-likeness (QED) is 0.617. The SMILES string of the molecule is CCc1nc2ccccn2c1C(=O)Nc1ccc(C(=O)NCC(=O)O)cc1. The van der Waals surface area contributed by atoms with Gasteiger partial charge in [-0.25, -0.2) is 4.98 Å². The molecule has 0 aliphatic carbocycles. The molecular weight excluding hydrogens is 348 g/mol. The highest BCUT2D eigenvalue weighted by molar-refractivity contribution is 6.05. The monoisotopic (exact) mass is 366 g/mol. The number of nitrogens with zero attached hydrogens (tertiary/aromatic N) is 2. The Kier molecular flexibility index (Phi) is 5.16. The molecule has 138 valence electrons. The van der Waals surface area contributed by atoms with E-state index in [1.807, 2.05) is 25.1 Å². The largest absolute Gasteiger partial charge is 0.480 e. The van der Waals surface area contributed by atoms with Crippen LogP contribution in [0.4, 0.5) is 5.69 Å². The molecule has 0 aliphatic rings. The Morgan fingerprint density at radius 2 is 1.81 bits per heavy atom. The molecule has 0 saturated carbocycles. The van der Waals surface area contributed by atoms with E-state index in [1.54, 1.807) is 22.7 Å². The fraction of sp³-hybridized carbons (Fsp3) is 0.158. The molecule has 1 aromatic carbocycles. The molecule has 2 heterocycles. The number of fused-ring (bicyclic) bond motifs is 1. The minimum absolute atomic E-state index is 0.298. The number of rotatable bonds is 6. The smallest absolute Gasteiger partial charge is 0.322 e. The lowest BCUT2D eigenvalue weighted by atomic mass is 10.2. The number of aromatic nitrogens is 2. The van der Waals surface area contributed by atoms with Crippen LogP contribution in [0.3, 0.4) is 0 Å². The molecule has 0 saturated heterocycles. The highest BCUT2D eigenvalue weighted by Crippen LogP contribution is 2.16. The number of carboxylic acids is 1. The number of imidazole rings is 1. The number of hydrogen-bond acceptors (Lipinski definition) is 4. The topological polar surface area (TPSA) is 113 Å². The van der Waals surface area contributed by atoms with Crippen LogP contribution >= 0.6 is 0 Å². The highest BCUT2D eigenvalue weighted by Gasteiger charge is 2.18. The second-order valence-corrected chi connectivity index (χ2v) is 5.80. The van der Waals surface area contributed by atoms with Crippen molar-refractivity contribution >= 4 is 29.1 Å². The summed E-state index contributed by atoms with van der Waals surface area (Å²) in [5.41, 5.74) is 2.69. The van der Waals surface area contributed by atoms with Crippen molar-refractivity contribution in [2.24, 2.45) is 0 Å². The summed E-state index contributed by atoms with van der Waals surface area (Å²) in [6.07, 6.45) is 2.40. The minimum Gasteiger partial charge on any atom is -0.480 e. The van der Waals surface area contributed by atoms with Gasteiger partial charge < -0.3 is 15.7 Å². The van der Waals surface area contributed by atoms with E-state index in [-0.39, 0.29) is 5.91 Å². The van der Waals surface area contributed by atoms with Crippen molar-refractivity contribution in [3.8, 4) is 0 Å². The van der Waals surface area contributed by atoms with Crippen LogP contribution in [0.15, 0.2) is 48.7 Å². The third kappa shape index (κ3) is 3.95. The standard InChI is InChI=1S/C19H18N4O4/c1-2-14-17(23-10-4-3-5-15(23)22-14)19(27)21-13-8-6-12(7-9-13)18(26)20-11-16(24)25/h3-10H,2,11H2,1H3,(H,20,26)(H,21,27)(H,24,25). The number of carbonyl (C=O) groups excluding carboxylic acids is 2. The van der Waals surface area contributed by atoms with Crippen LogP contribution in [0.1, 0.15) is 33.5 Å². The average Bonchev–Trinajstić information content (AvgIpc) is 3.05. The molecule has 3 aromatic rings. The number of aliphatic carboxylic acids is 1. The van der Waals surface area contributed by atoms with Gasteiger partial charge in [0.25, 0.3) is 11.8 Å². The molecule has 0 spiro atoms. The van der Waals surface area contributed by atoms with Crippen LogP contribution in [0.2, 0.25) is 0 Å². The van der Waals surface area contributed by atoms with Crippen molar-refractivity contribution in [3.63, 3.8) is 0 Å². The van der Waals surface area contributed by atoms with E-state index in [0.29, 0.717) is 34.7 Å². The molecule has 3 rings (SSSR count). The molecule has 27 heavy (non-hydrogen) atoms. The molecule has 0 atom stereocenters. The molecule has 0 radical (unpaired) electrons. The second-order valence-electron chi connectivity index (χ2n) is 5.80. The number of amides is 2. The predicted molar refractivity (Wildman–Crippen MR) is 98.9 cm³/mol. The third-order valence-corrected chi connectivity index (χ3v) is 3.96. The van der Waals surface area contributed by atoms with Gasteiger partial charge in [-0.2, -0.15) is 0 Å². The molecule has 0 aliphatic heterocycles. The van der Waals surface area contributed by atoms with Crippen LogP contribution in [0.25, 0.3) is 5.65 Å². The number of hydrogen-bond donors (Lipinski definition) is 3. The van der Waals surface area contributed by atoms with E-state index < -0.39 is 18.4 Å². The summed E-state index contributed by atoms with van der Waals surface area (Å²) in [6.45, 7) is 1.48. The van der Waals surface area contributed by atoms with Crippen LogP contribution in [0, 0.1) is 0 Å². The first-order chi connectivity index (χ1) is 13.0. The van der Waals surface area contributed by atoms with E-state index >= 15 is 0 Å². The van der Waals surface area contributed by atoms with E-state index in [4.69, 9.17) is 5.11 Å². The Hall–Kier alpha value is -3.68. The number of carbonyl (C=O) groups is 3. The summed E-state index contributed by atoms with van der Waals surface area (Å²) in [5, 5.41) is 13.7. The number of pyridine rings is 1. The zero-order valence-electron chi connectivity index (χ0n) is 14.6. The first-order valence-electron chi connectivity index (χ1n) is 8.37. The number of nitrogens with one attached hydrogen (secondary N) is 2. The van der Waals surface area contributed by atoms with Gasteiger partial charge in [-0.3, -0.25) is 18.8 Å². The van der Waals surface area contributed by atoms with Crippen molar-refractivity contribution < 1.29 is 19.5 Å². The fourth-order valence-electron chi connectivity index (χ4n) is 2.68. The van der Waals surface area contributed by atoms with Crippen molar-refractivity contribution in [1.29, 1.82) is 0 Å². The van der Waals surface area contributed by atoms with E-state index in [0.717, 1.165) is 0 Å². The molecule has 8 nitrogen and oxygen atoms in total. The summed E-state index contributed by atoms with van der Waals surface area (Å²) < 4.78 is 1.74. The second kappa shape index (κ2) is 7.69. The van der Waals surface area contributed by atoms with Gasteiger partial charge in [-0.1, -0.05) is 13.0 Å². The van der Waals surface area contributed by atoms with Gasteiger partial charge in [0.05, 0.1) is 5.69 Å². The molecule has 3 N–H and O–H groups in total. The predicted octanol–water partition coefficient (Wildman–Crippen LogP) is 1.96. The summed E-state index contributed by atoms with van der Waals surface area (Å²) >= 11 is 0. The molecule has 0 bridgehead atoms. The van der Waals surface area contributed by atoms with Gasteiger partial charge in [-0.15, -0.1) is 0 Å². The zero-order valence-corrected chi connectivity index (χ0v) is 14.6. The van der Waals surface area contributed by atoms with Crippen molar-refractivity contribution in [1.82, 2.24) is 14.7 Å². The zero-order chi connectivity index (χ0) is 19.4. The first-order valence-corrected chi connectivity index (χ1v) is 8.37. The Morgan fingerprint density at radius 3 is 2.48 bits per heavy atom. The lowest BCUT2D eigenvalue weighted by molar-refractivity contribution is -0.135. The molecular formula is C19H18N4O4. The van der Waals surface area contributed by atoms with E-state index in [2.05, 4.69) is 15.6 Å². The van der Waals surface area contributed by atoms with Crippen LogP contribution in [-0.2, 0) is 11.2 Å². The van der Waals surface area contributed by atoms with E-state index in [9.17, 15) is 14.4 Å². The Labute approximate surface area is 154 Å². The molecule has 8 heteroatoms. The maximum Gasteiger partial charge on any atom is 0.322 e. The summed E-state index contributed by atoms with van der Waals surface area (Å²) in [4.78, 5) is 39.5. The highest BCUT2D eigenvalue weighted by atomic mass is 16.4. The van der Waals surface area contributed by atoms with Crippen LogP contribution in [0.5, 0.6) is 0 Å². The van der Waals surface area contributed by atoms with Crippen LogP contribution < -0.4 is 10.6 Å². The summed E-state index contributed by atoms with van der Waals surface area (Å²) in [7, 11) is 0. The van der Waals surface area contributed by atoms with Gasteiger partial charge >= 0.3 is 5.97 Å². The maximum atomic E-state index is 12.7. The first kappa shape index (κ1) is 18.1. The number of carboxylic acid groups (broad SMARTS) is 1. The fourth-order valence-corrected chi connectivity index (χ4v) is 2.68. The number of aryl methyl sites for hydroxylation is 1. The molecule has 0 unspecified atom stereocenters. The lowest BCUT2D eigenvalue weighted by Crippen LogP contribution is -2.29. The average molecular weight is 366 g/mol.